The van der Waals surface area contributed by atoms with Gasteiger partial charge in [-0.3, -0.25) is 0 Å². The standard InChI is InChI=1S/C74H64N2O2/c1-45(2)51-31-35-61(49-21-13-9-14-22-49)65(41-51)75(57-25-17-11-18-26-57)59-33-29-53-39-63-67(43-55(53)37-59)77-73-70(48(7)8)72-64-40-54-30-34-60(38-56(54)44-68(64)78-74(72)69(47(5)6)71(63)73)76(58-27-19-12-20-28-58)66-42-52(46(3)4)32-36-62(66)50-23-15-10-16-24-50/h9-48H,1-8H3. The summed E-state index contributed by atoms with van der Waals surface area (Å²) in [7, 11) is 0. The Morgan fingerprint density at radius 2 is 0.679 bits per heavy atom. The second-order valence-electron chi connectivity index (χ2n) is 22.4. The van der Waals surface area contributed by atoms with E-state index in [4.69, 9.17) is 8.83 Å². The van der Waals surface area contributed by atoms with Gasteiger partial charge in [-0.25, -0.2) is 0 Å². The smallest absolute Gasteiger partial charge is 0.140 e. The highest BCUT2D eigenvalue weighted by molar-refractivity contribution is 6.22. The van der Waals surface area contributed by atoms with Crippen LogP contribution in [0.4, 0.5) is 34.1 Å². The first-order valence-electron chi connectivity index (χ1n) is 27.8. The van der Waals surface area contributed by atoms with Crippen molar-refractivity contribution in [2.45, 2.75) is 79.1 Å². The van der Waals surface area contributed by atoms with Crippen molar-refractivity contribution in [2.24, 2.45) is 0 Å². The van der Waals surface area contributed by atoms with Crippen LogP contribution in [0.3, 0.4) is 0 Å². The van der Waals surface area contributed by atoms with Crippen LogP contribution in [0.15, 0.2) is 227 Å². The van der Waals surface area contributed by atoms with Crippen LogP contribution in [0.25, 0.3) is 87.7 Å². The van der Waals surface area contributed by atoms with Gasteiger partial charge in [0.15, 0.2) is 0 Å². The van der Waals surface area contributed by atoms with E-state index in [9.17, 15) is 0 Å². The van der Waals surface area contributed by atoms with Crippen LogP contribution in [0.1, 0.15) is 101 Å². The molecule has 2 aromatic heterocycles. The molecular formula is C74H64N2O2. The van der Waals surface area contributed by atoms with E-state index in [0.717, 1.165) is 99.5 Å². The fourth-order valence-electron chi connectivity index (χ4n) is 12.1. The van der Waals surface area contributed by atoms with Crippen LogP contribution in [-0.4, -0.2) is 0 Å². The van der Waals surface area contributed by atoms with Crippen LogP contribution < -0.4 is 9.80 Å². The fourth-order valence-corrected chi connectivity index (χ4v) is 12.1. The molecule has 11 aromatic carbocycles. The third-order valence-electron chi connectivity index (χ3n) is 16.0. The minimum atomic E-state index is 0.149. The summed E-state index contributed by atoms with van der Waals surface area (Å²) in [6.45, 7) is 18.2. The van der Waals surface area contributed by atoms with Gasteiger partial charge in [0.2, 0.25) is 0 Å². The molecule has 0 aliphatic heterocycles. The van der Waals surface area contributed by atoms with Crippen LogP contribution in [-0.2, 0) is 0 Å². The number of rotatable bonds is 12. The number of hydrogen-bond donors (Lipinski definition) is 0. The second kappa shape index (κ2) is 19.6. The lowest BCUT2D eigenvalue weighted by atomic mass is 9.87. The molecule has 0 radical (unpaired) electrons. The van der Waals surface area contributed by atoms with Gasteiger partial charge in [0, 0.05) is 66.5 Å². The maximum absolute atomic E-state index is 7.28. The fraction of sp³-hybridized carbons (Fsp3) is 0.162. The van der Waals surface area contributed by atoms with Crippen LogP contribution in [0, 0.1) is 0 Å². The maximum Gasteiger partial charge on any atom is 0.140 e. The van der Waals surface area contributed by atoms with Crippen LogP contribution >= 0.6 is 0 Å². The van der Waals surface area contributed by atoms with Gasteiger partial charge in [-0.1, -0.05) is 189 Å². The van der Waals surface area contributed by atoms with Gasteiger partial charge in [0.1, 0.15) is 22.3 Å². The first-order valence-corrected chi connectivity index (χ1v) is 27.8. The minimum absolute atomic E-state index is 0.149. The molecule has 13 rings (SSSR count). The van der Waals surface area contributed by atoms with Crippen LogP contribution in [0.5, 0.6) is 0 Å². The van der Waals surface area contributed by atoms with Crippen molar-refractivity contribution in [3.63, 3.8) is 0 Å². The Kier molecular flexibility index (Phi) is 12.3. The Hall–Kier alpha value is -8.86. The first-order chi connectivity index (χ1) is 38.0. The summed E-state index contributed by atoms with van der Waals surface area (Å²) < 4.78 is 14.6. The summed E-state index contributed by atoms with van der Waals surface area (Å²) in [5, 5.41) is 9.07. The van der Waals surface area contributed by atoms with Gasteiger partial charge in [-0.2, -0.15) is 0 Å². The SMILES string of the molecule is CC(C)c1ccc(-c2ccccc2)c(N(c2ccccc2)c2ccc3cc4c(cc3c2)oc2c(C(C)C)c3c(oc5cc6cc(N(c7ccccc7)c7cc(C(C)C)ccc7-c7ccccc7)ccc6cc53)c(C(C)C)c24)c1. The third kappa shape index (κ3) is 8.39. The summed E-state index contributed by atoms with van der Waals surface area (Å²) >= 11 is 0. The molecule has 4 nitrogen and oxygen atoms in total. The molecule has 0 unspecified atom stereocenters. The quantitative estimate of drug-likeness (QED) is 0.122. The van der Waals surface area contributed by atoms with Gasteiger partial charge < -0.3 is 18.6 Å². The van der Waals surface area contributed by atoms with Gasteiger partial charge in [0.05, 0.1) is 11.4 Å². The molecule has 0 saturated carbocycles. The molecule has 4 heteroatoms. The second-order valence-corrected chi connectivity index (χ2v) is 22.4. The Balaban J connectivity index is 0.981. The molecule has 0 saturated heterocycles. The highest BCUT2D eigenvalue weighted by Gasteiger charge is 2.29. The molecule has 0 fully saturated rings. The molecule has 0 aliphatic carbocycles. The van der Waals surface area contributed by atoms with E-state index in [0.29, 0.717) is 11.8 Å². The van der Waals surface area contributed by atoms with E-state index in [1.807, 2.05) is 0 Å². The lowest BCUT2D eigenvalue weighted by Gasteiger charge is -2.29. The molecule has 382 valence electrons. The maximum atomic E-state index is 7.28. The lowest BCUT2D eigenvalue weighted by molar-refractivity contribution is 0.649. The summed E-state index contributed by atoms with van der Waals surface area (Å²) in [5.74, 6) is 1.04. The van der Waals surface area contributed by atoms with Crippen molar-refractivity contribution < 1.29 is 8.83 Å². The van der Waals surface area contributed by atoms with Gasteiger partial charge in [-0.05, 0) is 152 Å². The largest absolute Gasteiger partial charge is 0.456 e. The molecular weight excluding hydrogens is 949 g/mol. The predicted octanol–water partition coefficient (Wildman–Crippen LogP) is 22.6. The molecule has 2 heterocycles. The number of hydrogen-bond acceptors (Lipinski definition) is 4. The predicted molar refractivity (Wildman–Crippen MR) is 333 cm³/mol. The third-order valence-corrected chi connectivity index (χ3v) is 16.0. The lowest BCUT2D eigenvalue weighted by Crippen LogP contribution is -2.12. The van der Waals surface area contributed by atoms with E-state index in [-0.39, 0.29) is 11.8 Å². The van der Waals surface area contributed by atoms with Gasteiger partial charge in [-0.15, -0.1) is 0 Å². The average Bonchev–Trinajstić information content (AvgIpc) is 4.23. The molecule has 0 aliphatic rings. The summed E-state index contributed by atoms with van der Waals surface area (Å²) in [5.41, 5.74) is 20.0. The van der Waals surface area contributed by atoms with E-state index < -0.39 is 0 Å². The van der Waals surface area contributed by atoms with E-state index in [1.54, 1.807) is 0 Å². The molecule has 0 amide bonds. The van der Waals surface area contributed by atoms with Crippen molar-refractivity contribution in [3.8, 4) is 22.3 Å². The summed E-state index contributed by atoms with van der Waals surface area (Å²) in [6.07, 6.45) is 0. The van der Waals surface area contributed by atoms with Gasteiger partial charge in [0.25, 0.3) is 0 Å². The average molecular weight is 1010 g/mol. The van der Waals surface area contributed by atoms with E-state index in [2.05, 4.69) is 284 Å². The van der Waals surface area contributed by atoms with Crippen molar-refractivity contribution in [1.29, 1.82) is 0 Å². The zero-order chi connectivity index (χ0) is 53.3. The first kappa shape index (κ1) is 48.8. The number of para-hydroxylation sites is 2. The molecule has 0 atom stereocenters. The normalized spacial score (nSPS) is 12.1. The number of nitrogens with zero attached hydrogens (tertiary/aromatic N) is 2. The Bertz CT molecular complexity index is 4090. The Morgan fingerprint density at radius 3 is 1.04 bits per heavy atom. The highest BCUT2D eigenvalue weighted by Crippen LogP contribution is 2.51. The Labute approximate surface area is 457 Å². The number of benzene rings is 11. The molecule has 0 N–H and O–H groups in total. The highest BCUT2D eigenvalue weighted by atomic mass is 16.3. The monoisotopic (exact) mass is 1010 g/mol. The van der Waals surface area contributed by atoms with Crippen LogP contribution in [0.2, 0.25) is 0 Å². The number of fused-ring (bicyclic) bond motifs is 8. The van der Waals surface area contributed by atoms with Gasteiger partial charge >= 0.3 is 0 Å². The number of furan rings is 2. The number of anilines is 6. The zero-order valence-corrected chi connectivity index (χ0v) is 45.8. The zero-order valence-electron chi connectivity index (χ0n) is 45.8. The van der Waals surface area contributed by atoms with Crippen molar-refractivity contribution in [1.82, 2.24) is 0 Å². The topological polar surface area (TPSA) is 32.8 Å². The molecule has 13 aromatic rings. The molecule has 78 heavy (non-hydrogen) atoms. The van der Waals surface area contributed by atoms with E-state index in [1.165, 1.54) is 44.5 Å². The van der Waals surface area contributed by atoms with Crippen molar-refractivity contribution in [3.05, 3.63) is 241 Å². The van der Waals surface area contributed by atoms with Crippen molar-refractivity contribution >= 4 is 99.5 Å². The molecule has 0 spiro atoms. The van der Waals surface area contributed by atoms with Crippen molar-refractivity contribution in [2.75, 3.05) is 9.80 Å². The van der Waals surface area contributed by atoms with E-state index >= 15 is 0 Å². The molecule has 0 bridgehead atoms. The summed E-state index contributed by atoms with van der Waals surface area (Å²) in [4.78, 5) is 4.83. The summed E-state index contributed by atoms with van der Waals surface area (Å²) in [6, 6.07) is 79.9. The Morgan fingerprint density at radius 1 is 0.308 bits per heavy atom. The minimum Gasteiger partial charge on any atom is -0.456 e.